The summed E-state index contributed by atoms with van der Waals surface area (Å²) >= 11 is 0. The molecule has 0 bridgehead atoms. The van der Waals surface area contributed by atoms with Crippen LogP contribution in [0.5, 0.6) is 0 Å². The molecule has 0 spiro atoms. The molecule has 0 aliphatic heterocycles. The van der Waals surface area contributed by atoms with Crippen molar-refractivity contribution < 1.29 is 0 Å². The van der Waals surface area contributed by atoms with E-state index in [2.05, 4.69) is 111 Å². The molecule has 0 saturated heterocycles. The van der Waals surface area contributed by atoms with Crippen molar-refractivity contribution in [2.45, 2.75) is 13.8 Å². The number of benzene rings is 4. The molecule has 4 aromatic carbocycles. The first-order chi connectivity index (χ1) is 12.8. The third-order valence-corrected chi connectivity index (χ3v) is 5.10. The van der Waals surface area contributed by atoms with Crippen LogP contribution < -0.4 is 0 Å². The molecule has 126 valence electrons. The lowest BCUT2D eigenvalue weighted by Crippen LogP contribution is -1.94. The molecular formula is C26H22. The molecule has 0 aromatic heterocycles. The van der Waals surface area contributed by atoms with Crippen LogP contribution in [-0.4, -0.2) is 0 Å². The second-order valence-electron chi connectivity index (χ2n) is 6.71. The van der Waals surface area contributed by atoms with Crippen molar-refractivity contribution in [1.29, 1.82) is 0 Å². The summed E-state index contributed by atoms with van der Waals surface area (Å²) in [6, 6.07) is 34.6. The van der Waals surface area contributed by atoms with Crippen molar-refractivity contribution in [1.82, 2.24) is 0 Å². The third-order valence-electron chi connectivity index (χ3n) is 5.10. The van der Waals surface area contributed by atoms with E-state index in [1.54, 1.807) is 0 Å². The van der Waals surface area contributed by atoms with Gasteiger partial charge in [0.15, 0.2) is 0 Å². The minimum Gasteiger partial charge on any atom is -0.0622 e. The molecule has 0 unspecified atom stereocenters. The van der Waals surface area contributed by atoms with Gasteiger partial charge in [0.2, 0.25) is 0 Å². The van der Waals surface area contributed by atoms with Gasteiger partial charge in [-0.3, -0.25) is 0 Å². The molecule has 0 radical (unpaired) electrons. The summed E-state index contributed by atoms with van der Waals surface area (Å²) in [7, 11) is 0. The van der Waals surface area contributed by atoms with Crippen molar-refractivity contribution in [3.05, 3.63) is 108 Å². The molecule has 4 aromatic rings. The summed E-state index contributed by atoms with van der Waals surface area (Å²) in [5.74, 6) is 0. The van der Waals surface area contributed by atoms with Gasteiger partial charge in [0.05, 0.1) is 0 Å². The maximum Gasteiger partial charge on any atom is -0.00733 e. The van der Waals surface area contributed by atoms with Crippen LogP contribution in [0.2, 0.25) is 0 Å². The van der Waals surface area contributed by atoms with Gasteiger partial charge < -0.3 is 0 Å². The van der Waals surface area contributed by atoms with Crippen LogP contribution in [-0.2, 0) is 0 Å². The summed E-state index contributed by atoms with van der Waals surface area (Å²) < 4.78 is 0. The molecule has 0 saturated carbocycles. The van der Waals surface area contributed by atoms with Crippen molar-refractivity contribution in [2.75, 3.05) is 0 Å². The molecule has 0 aliphatic rings. The zero-order chi connectivity index (χ0) is 17.9. The van der Waals surface area contributed by atoms with Gasteiger partial charge in [0.25, 0.3) is 0 Å². The predicted molar refractivity (Wildman–Crippen MR) is 112 cm³/mol. The summed E-state index contributed by atoms with van der Waals surface area (Å²) in [4.78, 5) is 0. The zero-order valence-corrected chi connectivity index (χ0v) is 15.2. The summed E-state index contributed by atoms with van der Waals surface area (Å²) in [5, 5.41) is 0. The minimum absolute atomic E-state index is 1.25. The van der Waals surface area contributed by atoms with Crippen LogP contribution in [0.15, 0.2) is 97.1 Å². The molecule has 0 nitrogen and oxygen atoms in total. The summed E-state index contributed by atoms with van der Waals surface area (Å²) in [6.45, 7) is 4.42. The Hall–Kier alpha value is -3.12. The lowest BCUT2D eigenvalue weighted by Gasteiger charge is -2.18. The SMILES string of the molecule is Cc1ccc(-c2ccccc2-c2ccccc2)c(-c2ccccc2)c1C. The second kappa shape index (κ2) is 7.01. The Bertz CT molecular complexity index is 1030. The molecular weight excluding hydrogens is 312 g/mol. The Morgan fingerprint density at radius 1 is 0.423 bits per heavy atom. The Morgan fingerprint density at radius 2 is 0.962 bits per heavy atom. The lowest BCUT2D eigenvalue weighted by atomic mass is 9.86. The van der Waals surface area contributed by atoms with Crippen LogP contribution in [0.3, 0.4) is 0 Å². The Morgan fingerprint density at radius 3 is 1.62 bits per heavy atom. The molecule has 4 rings (SSSR count). The fourth-order valence-corrected chi connectivity index (χ4v) is 3.60. The average Bonchev–Trinajstić information content (AvgIpc) is 2.71. The van der Waals surface area contributed by atoms with Gasteiger partial charge in [-0.15, -0.1) is 0 Å². The van der Waals surface area contributed by atoms with Gasteiger partial charge in [-0.05, 0) is 58.4 Å². The summed E-state index contributed by atoms with van der Waals surface area (Å²) in [5.41, 5.74) is 10.4. The fourth-order valence-electron chi connectivity index (χ4n) is 3.60. The predicted octanol–water partition coefficient (Wildman–Crippen LogP) is 7.30. The number of rotatable bonds is 3. The van der Waals surface area contributed by atoms with Crippen molar-refractivity contribution in [3.63, 3.8) is 0 Å². The fraction of sp³-hybridized carbons (Fsp3) is 0.0769. The highest BCUT2D eigenvalue weighted by Gasteiger charge is 2.15. The van der Waals surface area contributed by atoms with Gasteiger partial charge >= 0.3 is 0 Å². The van der Waals surface area contributed by atoms with Gasteiger partial charge in [0.1, 0.15) is 0 Å². The van der Waals surface area contributed by atoms with E-state index < -0.39 is 0 Å². The topological polar surface area (TPSA) is 0 Å². The van der Waals surface area contributed by atoms with E-state index in [1.165, 1.54) is 44.5 Å². The van der Waals surface area contributed by atoms with E-state index in [0.29, 0.717) is 0 Å². The highest BCUT2D eigenvalue weighted by Crippen LogP contribution is 2.40. The van der Waals surface area contributed by atoms with Gasteiger partial charge in [-0.25, -0.2) is 0 Å². The lowest BCUT2D eigenvalue weighted by molar-refractivity contribution is 1.34. The molecule has 0 heterocycles. The van der Waals surface area contributed by atoms with E-state index in [4.69, 9.17) is 0 Å². The normalized spacial score (nSPS) is 10.7. The first kappa shape index (κ1) is 16.4. The monoisotopic (exact) mass is 334 g/mol. The highest BCUT2D eigenvalue weighted by molar-refractivity contribution is 5.93. The molecule has 0 amide bonds. The maximum absolute atomic E-state index is 2.27. The van der Waals surface area contributed by atoms with Crippen molar-refractivity contribution in [3.8, 4) is 33.4 Å². The average molecular weight is 334 g/mol. The summed E-state index contributed by atoms with van der Waals surface area (Å²) in [6.07, 6.45) is 0. The molecule has 0 N–H and O–H groups in total. The first-order valence-electron chi connectivity index (χ1n) is 9.06. The van der Waals surface area contributed by atoms with Crippen LogP contribution in [0.1, 0.15) is 11.1 Å². The van der Waals surface area contributed by atoms with Crippen molar-refractivity contribution in [2.24, 2.45) is 0 Å². The quantitative estimate of drug-likeness (QED) is 0.368. The van der Waals surface area contributed by atoms with E-state index in [-0.39, 0.29) is 0 Å². The highest BCUT2D eigenvalue weighted by atomic mass is 14.2. The molecule has 0 aliphatic carbocycles. The number of hydrogen-bond acceptors (Lipinski definition) is 0. The minimum atomic E-state index is 1.25. The Kier molecular flexibility index (Phi) is 4.41. The molecule has 0 fully saturated rings. The van der Waals surface area contributed by atoms with Gasteiger partial charge in [-0.1, -0.05) is 97.1 Å². The van der Waals surface area contributed by atoms with E-state index in [0.717, 1.165) is 0 Å². The smallest absolute Gasteiger partial charge is 0.00733 e. The van der Waals surface area contributed by atoms with Crippen molar-refractivity contribution >= 4 is 0 Å². The maximum atomic E-state index is 2.27. The Balaban J connectivity index is 2.01. The Labute approximate surface area is 155 Å². The number of hydrogen-bond donors (Lipinski definition) is 0. The van der Waals surface area contributed by atoms with Gasteiger partial charge in [-0.2, -0.15) is 0 Å². The van der Waals surface area contributed by atoms with Crippen LogP contribution in [0, 0.1) is 13.8 Å². The van der Waals surface area contributed by atoms with Crippen LogP contribution in [0.25, 0.3) is 33.4 Å². The van der Waals surface area contributed by atoms with E-state index in [1.807, 2.05) is 0 Å². The zero-order valence-electron chi connectivity index (χ0n) is 15.2. The first-order valence-corrected chi connectivity index (χ1v) is 9.06. The third kappa shape index (κ3) is 2.95. The number of aryl methyl sites for hydroxylation is 1. The largest absolute Gasteiger partial charge is 0.0622 e. The van der Waals surface area contributed by atoms with Gasteiger partial charge in [0, 0.05) is 0 Å². The van der Waals surface area contributed by atoms with Crippen LogP contribution >= 0.6 is 0 Å². The van der Waals surface area contributed by atoms with Crippen LogP contribution in [0.4, 0.5) is 0 Å². The standard InChI is InChI=1S/C26H22/c1-19-17-18-25(26(20(19)2)22-13-7-4-8-14-22)24-16-10-9-15-23(24)21-11-5-3-6-12-21/h3-18H,1-2H3. The molecule has 26 heavy (non-hydrogen) atoms. The molecule has 0 atom stereocenters. The second-order valence-corrected chi connectivity index (χ2v) is 6.71. The van der Waals surface area contributed by atoms with E-state index >= 15 is 0 Å². The van der Waals surface area contributed by atoms with E-state index in [9.17, 15) is 0 Å². The molecule has 0 heteroatoms.